The van der Waals surface area contributed by atoms with Gasteiger partial charge in [-0.3, -0.25) is 9.00 Å². The average molecular weight is 450 g/mol. The number of nitrogen functional groups attached to an aromatic ring is 1. The van der Waals surface area contributed by atoms with Crippen molar-refractivity contribution in [1.29, 1.82) is 0 Å². The molecule has 0 bridgehead atoms. The number of hydrogen-bond acceptors (Lipinski definition) is 4. The molecule has 6 heteroatoms. The average Bonchev–Trinajstić information content (AvgIpc) is 2.16. The number of carbonyl (C=O) groups is 1. The Morgan fingerprint density at radius 3 is 2.67 bits per heavy atom. The molecule has 0 aliphatic rings. The fourth-order valence-corrected chi connectivity index (χ4v) is 2.04. The molecule has 1 rings (SSSR count). The standard InChI is InChI=1S/C9H12N2O2S.U/c1-3-14(13)8-4-7(10)5-11-9(8)6(2)12;/h4-5H,3,10H2,1-2H3;. The molecular formula is C9H12N2O2SU. The quantitative estimate of drug-likeness (QED) is 0.698. The smallest absolute Gasteiger partial charge is 0.179 e. The molecule has 1 heterocycles. The number of nitrogens with zero attached hydrogens (tertiary/aromatic N) is 1. The van der Waals surface area contributed by atoms with Gasteiger partial charge in [-0.15, -0.1) is 0 Å². The van der Waals surface area contributed by atoms with Crippen LogP contribution in [0.2, 0.25) is 0 Å². The summed E-state index contributed by atoms with van der Waals surface area (Å²) in [5.74, 6) is 0.257. The van der Waals surface area contributed by atoms with E-state index in [0.717, 1.165) is 0 Å². The Morgan fingerprint density at radius 1 is 1.60 bits per heavy atom. The molecule has 1 aromatic heterocycles. The van der Waals surface area contributed by atoms with Crippen molar-refractivity contribution in [3.63, 3.8) is 0 Å². The van der Waals surface area contributed by atoms with E-state index < -0.39 is 10.8 Å². The van der Waals surface area contributed by atoms with E-state index in [1.54, 1.807) is 13.0 Å². The van der Waals surface area contributed by atoms with E-state index >= 15 is 0 Å². The van der Waals surface area contributed by atoms with Crippen molar-refractivity contribution in [2.75, 3.05) is 11.5 Å². The number of aromatic nitrogens is 1. The maximum absolute atomic E-state index is 11.6. The summed E-state index contributed by atoms with van der Waals surface area (Å²) in [4.78, 5) is 15.5. The molecule has 0 aromatic carbocycles. The van der Waals surface area contributed by atoms with E-state index in [1.807, 2.05) is 0 Å². The zero-order valence-electron chi connectivity index (χ0n) is 8.61. The molecule has 15 heavy (non-hydrogen) atoms. The minimum absolute atomic E-state index is 0. The predicted molar refractivity (Wildman–Crippen MR) is 55.6 cm³/mol. The van der Waals surface area contributed by atoms with Crippen LogP contribution in [0.3, 0.4) is 0 Å². The van der Waals surface area contributed by atoms with E-state index in [-0.39, 0.29) is 42.6 Å². The van der Waals surface area contributed by atoms with Gasteiger partial charge in [0, 0.05) is 43.8 Å². The topological polar surface area (TPSA) is 73.1 Å². The fourth-order valence-electron chi connectivity index (χ4n) is 1.05. The number of anilines is 1. The van der Waals surface area contributed by atoms with Crippen LogP contribution < -0.4 is 5.73 Å². The van der Waals surface area contributed by atoms with Gasteiger partial charge in [-0.1, -0.05) is 6.92 Å². The minimum Gasteiger partial charge on any atom is -0.397 e. The van der Waals surface area contributed by atoms with Gasteiger partial charge >= 0.3 is 0 Å². The Hall–Kier alpha value is -0.178. The van der Waals surface area contributed by atoms with Crippen LogP contribution in [-0.2, 0) is 10.8 Å². The van der Waals surface area contributed by atoms with Crippen molar-refractivity contribution in [1.82, 2.24) is 4.98 Å². The van der Waals surface area contributed by atoms with E-state index in [1.165, 1.54) is 13.1 Å². The molecule has 2 N–H and O–H groups in total. The summed E-state index contributed by atoms with van der Waals surface area (Å²) in [7, 11) is -1.20. The summed E-state index contributed by atoms with van der Waals surface area (Å²) in [5, 5.41) is 0. The Morgan fingerprint density at radius 2 is 2.20 bits per heavy atom. The third-order valence-electron chi connectivity index (χ3n) is 1.71. The molecule has 0 amide bonds. The van der Waals surface area contributed by atoms with Crippen LogP contribution in [-0.4, -0.2) is 20.7 Å². The van der Waals surface area contributed by atoms with E-state index in [2.05, 4.69) is 4.98 Å². The summed E-state index contributed by atoms with van der Waals surface area (Å²) in [6, 6.07) is 1.54. The van der Waals surface area contributed by atoms with Crippen molar-refractivity contribution < 1.29 is 40.1 Å². The number of rotatable bonds is 3. The van der Waals surface area contributed by atoms with Gasteiger partial charge in [0.15, 0.2) is 5.78 Å². The van der Waals surface area contributed by atoms with Crippen LogP contribution in [0.1, 0.15) is 24.3 Å². The summed E-state index contributed by atoms with van der Waals surface area (Å²) in [5.41, 5.74) is 6.18. The molecule has 4 nitrogen and oxygen atoms in total. The van der Waals surface area contributed by atoms with Crippen molar-refractivity contribution in [2.45, 2.75) is 18.7 Å². The first kappa shape index (κ1) is 14.8. The summed E-state index contributed by atoms with van der Waals surface area (Å²) >= 11 is 0. The van der Waals surface area contributed by atoms with Crippen molar-refractivity contribution in [3.05, 3.63) is 18.0 Å². The molecule has 1 unspecified atom stereocenters. The summed E-state index contributed by atoms with van der Waals surface area (Å²) in [6.07, 6.45) is 1.40. The van der Waals surface area contributed by atoms with Gasteiger partial charge in [-0.25, -0.2) is 4.98 Å². The predicted octanol–water partition coefficient (Wildman–Crippen LogP) is 0.994. The summed E-state index contributed by atoms with van der Waals surface area (Å²) < 4.78 is 11.6. The first-order chi connectivity index (χ1) is 6.56. The number of nitrogens with two attached hydrogens (primary N) is 1. The third kappa shape index (κ3) is 3.71. The first-order valence-corrected chi connectivity index (χ1v) is 5.53. The van der Waals surface area contributed by atoms with Crippen molar-refractivity contribution >= 4 is 22.3 Å². The second-order valence-corrected chi connectivity index (χ2v) is 4.51. The number of pyridine rings is 1. The second kappa shape index (κ2) is 6.41. The van der Waals surface area contributed by atoms with Gasteiger partial charge in [0.2, 0.25) is 0 Å². The molecule has 1 aromatic rings. The molecule has 0 spiro atoms. The Bertz CT molecular complexity index is 396. The largest absolute Gasteiger partial charge is 0.397 e. The SMILES string of the molecule is CCS(=O)c1cc(N)cnc1C(C)=O.[U]. The zero-order chi connectivity index (χ0) is 10.7. The van der Waals surface area contributed by atoms with Crippen LogP contribution in [0.25, 0.3) is 0 Å². The molecule has 0 aliphatic carbocycles. The molecule has 0 fully saturated rings. The van der Waals surface area contributed by atoms with E-state index in [4.69, 9.17) is 5.73 Å². The van der Waals surface area contributed by atoms with Crippen LogP contribution in [0, 0.1) is 31.1 Å². The van der Waals surface area contributed by atoms with Crippen LogP contribution in [0.5, 0.6) is 0 Å². The summed E-state index contributed by atoms with van der Waals surface area (Å²) in [6.45, 7) is 3.18. The molecule has 0 saturated heterocycles. The number of ketones is 1. The molecular weight excluding hydrogens is 438 g/mol. The Labute approximate surface area is 115 Å². The minimum atomic E-state index is -1.20. The fraction of sp³-hybridized carbons (Fsp3) is 0.333. The zero-order valence-corrected chi connectivity index (χ0v) is 13.6. The normalized spacial score (nSPS) is 11.6. The maximum Gasteiger partial charge on any atom is 0.179 e. The van der Waals surface area contributed by atoms with Gasteiger partial charge in [0.1, 0.15) is 5.69 Å². The van der Waals surface area contributed by atoms with Crippen LogP contribution >= 0.6 is 0 Å². The molecule has 0 aliphatic heterocycles. The van der Waals surface area contributed by atoms with Gasteiger partial charge in [0.05, 0.1) is 27.6 Å². The number of Topliss-reactive ketones (excluding diaryl/α,β-unsaturated/α-hetero) is 1. The monoisotopic (exact) mass is 450 g/mol. The van der Waals surface area contributed by atoms with Gasteiger partial charge in [-0.2, -0.15) is 0 Å². The van der Waals surface area contributed by atoms with E-state index in [0.29, 0.717) is 16.3 Å². The molecule has 0 radical (unpaired) electrons. The molecule has 1 atom stereocenters. The van der Waals surface area contributed by atoms with Gasteiger partial charge < -0.3 is 5.73 Å². The van der Waals surface area contributed by atoms with Crippen molar-refractivity contribution in [3.8, 4) is 0 Å². The van der Waals surface area contributed by atoms with E-state index in [9.17, 15) is 9.00 Å². The Balaban J connectivity index is 0.00000196. The Kier molecular flexibility index (Phi) is 6.34. The second-order valence-electron chi connectivity index (χ2n) is 2.81. The number of hydrogen-bond donors (Lipinski definition) is 1. The third-order valence-corrected chi connectivity index (χ3v) is 3.04. The van der Waals surface area contributed by atoms with Crippen LogP contribution in [0.15, 0.2) is 17.2 Å². The number of carbonyl (C=O) groups excluding carboxylic acids is 1. The molecule has 80 valence electrons. The maximum atomic E-state index is 11.6. The van der Waals surface area contributed by atoms with Crippen molar-refractivity contribution in [2.24, 2.45) is 0 Å². The van der Waals surface area contributed by atoms with Gasteiger partial charge in [-0.05, 0) is 6.07 Å². The first-order valence-electron chi connectivity index (χ1n) is 4.21. The molecule has 0 saturated carbocycles. The van der Waals surface area contributed by atoms with Crippen LogP contribution in [0.4, 0.5) is 5.69 Å². The van der Waals surface area contributed by atoms with Gasteiger partial charge in [0.25, 0.3) is 0 Å².